The van der Waals surface area contributed by atoms with E-state index in [9.17, 15) is 8.78 Å². The Morgan fingerprint density at radius 2 is 1.54 bits per heavy atom. The third-order valence-electron chi connectivity index (χ3n) is 3.62. The Morgan fingerprint density at radius 3 is 2.04 bits per heavy atom. The van der Waals surface area contributed by atoms with Crippen LogP contribution in [0.1, 0.15) is 29.2 Å². The van der Waals surface area contributed by atoms with Crippen LogP contribution in [0.3, 0.4) is 0 Å². The molecule has 0 aliphatic heterocycles. The van der Waals surface area contributed by atoms with Gasteiger partial charge in [0.25, 0.3) is 0 Å². The third-order valence-corrected chi connectivity index (χ3v) is 3.62. The van der Waals surface area contributed by atoms with Gasteiger partial charge in [0.2, 0.25) is 0 Å². The molecule has 26 heavy (non-hydrogen) atoms. The SMILES string of the molecule is C#C.CN/C(C#N)=C(\C)c1cc(C)cc(/C=C/c2cc(F)cc(F)c2)c1. The van der Waals surface area contributed by atoms with E-state index >= 15 is 0 Å². The lowest BCUT2D eigenvalue weighted by molar-refractivity contribution is 0.583. The van der Waals surface area contributed by atoms with Gasteiger partial charge in [-0.1, -0.05) is 24.3 Å². The maximum absolute atomic E-state index is 13.2. The molecule has 0 aliphatic carbocycles. The fraction of sp³-hybridized carbons (Fsp3) is 0.136. The van der Waals surface area contributed by atoms with E-state index in [1.54, 1.807) is 19.2 Å². The van der Waals surface area contributed by atoms with Crippen molar-refractivity contribution in [2.45, 2.75) is 13.8 Å². The van der Waals surface area contributed by atoms with Gasteiger partial charge in [0.05, 0.1) is 0 Å². The molecule has 0 saturated carbocycles. The minimum absolute atomic E-state index is 0.454. The van der Waals surface area contributed by atoms with Crippen molar-refractivity contribution in [3.05, 3.63) is 76.0 Å². The summed E-state index contributed by atoms with van der Waals surface area (Å²) in [4.78, 5) is 0. The number of nitrogens with one attached hydrogen (secondary N) is 1. The van der Waals surface area contributed by atoms with Gasteiger partial charge in [-0.25, -0.2) is 8.78 Å². The second-order valence-electron chi connectivity index (χ2n) is 5.53. The van der Waals surface area contributed by atoms with Crippen molar-refractivity contribution in [2.75, 3.05) is 7.05 Å². The smallest absolute Gasteiger partial charge is 0.126 e. The molecular weight excluding hydrogens is 330 g/mol. The molecule has 0 radical (unpaired) electrons. The number of halogens is 2. The lowest BCUT2D eigenvalue weighted by atomic mass is 9.99. The van der Waals surface area contributed by atoms with Crippen LogP contribution in [0.2, 0.25) is 0 Å². The van der Waals surface area contributed by atoms with Crippen LogP contribution in [0.25, 0.3) is 17.7 Å². The summed E-state index contributed by atoms with van der Waals surface area (Å²) in [5, 5.41) is 12.0. The molecular formula is C22H20F2N2. The predicted molar refractivity (Wildman–Crippen MR) is 104 cm³/mol. The van der Waals surface area contributed by atoms with Crippen LogP contribution in [0.5, 0.6) is 0 Å². The monoisotopic (exact) mass is 350 g/mol. The Bertz CT molecular complexity index is 880. The van der Waals surface area contributed by atoms with Gasteiger partial charge in [0.1, 0.15) is 23.4 Å². The number of aryl methyl sites for hydroxylation is 1. The van der Waals surface area contributed by atoms with Crippen molar-refractivity contribution in [1.29, 1.82) is 5.26 Å². The van der Waals surface area contributed by atoms with Crippen LogP contribution in [-0.2, 0) is 0 Å². The maximum Gasteiger partial charge on any atom is 0.126 e. The Kier molecular flexibility index (Phi) is 7.80. The first-order chi connectivity index (χ1) is 12.4. The van der Waals surface area contributed by atoms with Crippen LogP contribution in [0, 0.1) is 42.7 Å². The number of nitrogens with zero attached hydrogens (tertiary/aromatic N) is 1. The van der Waals surface area contributed by atoms with Gasteiger partial charge in [-0.3, -0.25) is 0 Å². The number of benzene rings is 2. The van der Waals surface area contributed by atoms with E-state index in [1.165, 1.54) is 12.1 Å². The number of allylic oxidation sites excluding steroid dienone is 2. The van der Waals surface area contributed by atoms with Crippen molar-refractivity contribution in [1.82, 2.24) is 5.32 Å². The largest absolute Gasteiger partial charge is 0.379 e. The van der Waals surface area contributed by atoms with E-state index < -0.39 is 11.6 Å². The first kappa shape index (κ1) is 20.7. The summed E-state index contributed by atoms with van der Waals surface area (Å²) in [6, 6.07) is 11.4. The Hall–Kier alpha value is -3.37. The summed E-state index contributed by atoms with van der Waals surface area (Å²) in [5.41, 5.74) is 4.65. The van der Waals surface area contributed by atoms with Gasteiger partial charge >= 0.3 is 0 Å². The van der Waals surface area contributed by atoms with Gasteiger partial charge < -0.3 is 5.32 Å². The van der Waals surface area contributed by atoms with Crippen molar-refractivity contribution < 1.29 is 8.78 Å². The predicted octanol–water partition coefficient (Wildman–Crippen LogP) is 5.17. The average molecular weight is 350 g/mol. The molecule has 0 unspecified atom stereocenters. The van der Waals surface area contributed by atoms with Crippen LogP contribution < -0.4 is 5.32 Å². The van der Waals surface area contributed by atoms with Crippen molar-refractivity contribution in [3.8, 4) is 18.9 Å². The van der Waals surface area contributed by atoms with Crippen LogP contribution in [-0.4, -0.2) is 7.05 Å². The Morgan fingerprint density at radius 1 is 1.00 bits per heavy atom. The minimum Gasteiger partial charge on any atom is -0.379 e. The van der Waals surface area contributed by atoms with E-state index in [4.69, 9.17) is 5.26 Å². The molecule has 0 atom stereocenters. The minimum atomic E-state index is -0.606. The van der Waals surface area contributed by atoms with Crippen LogP contribution in [0.4, 0.5) is 8.78 Å². The van der Waals surface area contributed by atoms with Gasteiger partial charge in [0.15, 0.2) is 0 Å². The molecule has 0 bridgehead atoms. The summed E-state index contributed by atoms with van der Waals surface area (Å²) in [5.74, 6) is -1.21. The van der Waals surface area contributed by atoms with Crippen LogP contribution >= 0.6 is 0 Å². The third kappa shape index (κ3) is 5.61. The van der Waals surface area contributed by atoms with Crippen molar-refractivity contribution in [2.24, 2.45) is 0 Å². The molecule has 0 amide bonds. The normalized spacial score (nSPS) is 11.2. The fourth-order valence-corrected chi connectivity index (χ4v) is 2.46. The highest BCUT2D eigenvalue weighted by Crippen LogP contribution is 2.21. The molecule has 2 aromatic rings. The number of hydrogen-bond acceptors (Lipinski definition) is 2. The topological polar surface area (TPSA) is 35.8 Å². The summed E-state index contributed by atoms with van der Waals surface area (Å²) < 4.78 is 26.5. The number of terminal acetylenes is 1. The number of nitriles is 1. The highest BCUT2D eigenvalue weighted by atomic mass is 19.1. The van der Waals surface area contributed by atoms with E-state index in [0.717, 1.165) is 28.3 Å². The Labute approximate surface area is 153 Å². The molecule has 0 saturated heterocycles. The highest BCUT2D eigenvalue weighted by Gasteiger charge is 2.05. The second kappa shape index (κ2) is 9.81. The van der Waals surface area contributed by atoms with Crippen LogP contribution in [0.15, 0.2) is 42.1 Å². The maximum atomic E-state index is 13.2. The molecule has 0 heterocycles. The molecule has 0 aliphatic rings. The molecule has 0 spiro atoms. The van der Waals surface area contributed by atoms with Gasteiger partial charge in [-0.15, -0.1) is 12.8 Å². The lowest BCUT2D eigenvalue weighted by Gasteiger charge is -2.08. The quantitative estimate of drug-likeness (QED) is 0.469. The van der Waals surface area contributed by atoms with E-state index in [2.05, 4.69) is 24.2 Å². The lowest BCUT2D eigenvalue weighted by Crippen LogP contribution is -2.05. The zero-order valence-corrected chi connectivity index (χ0v) is 15.0. The molecule has 0 fully saturated rings. The summed E-state index contributed by atoms with van der Waals surface area (Å²) in [7, 11) is 1.71. The van der Waals surface area contributed by atoms with E-state index in [1.807, 2.05) is 32.0 Å². The van der Waals surface area contributed by atoms with Crippen molar-refractivity contribution in [3.63, 3.8) is 0 Å². The summed E-state index contributed by atoms with van der Waals surface area (Å²) in [6.45, 7) is 3.83. The van der Waals surface area contributed by atoms with Gasteiger partial charge in [0, 0.05) is 13.1 Å². The van der Waals surface area contributed by atoms with E-state index in [0.29, 0.717) is 11.3 Å². The zero-order valence-electron chi connectivity index (χ0n) is 15.0. The molecule has 2 rings (SSSR count). The highest BCUT2D eigenvalue weighted by molar-refractivity contribution is 5.75. The summed E-state index contributed by atoms with van der Waals surface area (Å²) in [6.07, 6.45) is 11.5. The van der Waals surface area contributed by atoms with Crippen molar-refractivity contribution >= 4 is 17.7 Å². The average Bonchev–Trinajstić information content (AvgIpc) is 2.61. The standard InChI is InChI=1S/C20H18F2N2.C2H2/c1-13-6-15(4-5-16-9-18(21)11-19(22)10-16)8-17(7-13)14(2)20(12-23)24-3;1-2/h4-11,24H,1-3H3;1-2H/b5-4+,20-14+;. The Balaban J connectivity index is 0.00000163. The molecule has 2 aromatic carbocycles. The second-order valence-corrected chi connectivity index (χ2v) is 5.53. The molecule has 132 valence electrons. The van der Waals surface area contributed by atoms with Gasteiger partial charge in [-0.2, -0.15) is 5.26 Å². The molecule has 2 nitrogen and oxygen atoms in total. The fourth-order valence-electron chi connectivity index (χ4n) is 2.46. The molecule has 4 heteroatoms. The number of rotatable bonds is 4. The van der Waals surface area contributed by atoms with E-state index in [-0.39, 0.29) is 0 Å². The zero-order chi connectivity index (χ0) is 19.7. The first-order valence-corrected chi connectivity index (χ1v) is 7.81. The number of hydrogen-bond donors (Lipinski definition) is 1. The first-order valence-electron chi connectivity index (χ1n) is 7.81. The molecule has 1 N–H and O–H groups in total. The summed E-state index contributed by atoms with van der Waals surface area (Å²) >= 11 is 0. The van der Waals surface area contributed by atoms with Gasteiger partial charge in [-0.05, 0) is 59.9 Å². The molecule has 0 aromatic heterocycles.